The Labute approximate surface area is 156 Å². The molecule has 0 fully saturated rings. The Morgan fingerprint density at radius 3 is 2.48 bits per heavy atom. The quantitative estimate of drug-likeness (QED) is 0.686. The summed E-state index contributed by atoms with van der Waals surface area (Å²) in [5.74, 6) is 1.35. The molecule has 2 heterocycles. The largest absolute Gasteiger partial charge is 0.493 e. The van der Waals surface area contributed by atoms with Crippen LogP contribution in [0.3, 0.4) is 0 Å². The number of carbonyl (C=O) groups is 1. The standard InChI is InChI=1S/C18H22N6O3/c1-5-8-24-12(2)16(17(22-24)23-10-19-20-11-23)21-18(25)13-6-7-14(26-3)15(9-13)27-4/h6-7,9-11H,5,8H2,1-4H3,(H,21,25). The maximum absolute atomic E-state index is 12.8. The summed E-state index contributed by atoms with van der Waals surface area (Å²) in [6, 6.07) is 5.02. The molecule has 2 aromatic heterocycles. The number of methoxy groups -OCH3 is 2. The second-order valence-corrected chi connectivity index (χ2v) is 5.90. The zero-order valence-corrected chi connectivity index (χ0v) is 15.8. The zero-order valence-electron chi connectivity index (χ0n) is 15.8. The van der Waals surface area contributed by atoms with Crippen molar-refractivity contribution in [2.24, 2.45) is 0 Å². The molecule has 0 saturated heterocycles. The number of hydrogen-bond acceptors (Lipinski definition) is 6. The molecule has 0 atom stereocenters. The third-order valence-electron chi connectivity index (χ3n) is 4.17. The summed E-state index contributed by atoms with van der Waals surface area (Å²) < 4.78 is 14.0. The lowest BCUT2D eigenvalue weighted by Gasteiger charge is -2.11. The number of ether oxygens (including phenoxy) is 2. The van der Waals surface area contributed by atoms with E-state index in [-0.39, 0.29) is 5.91 Å². The van der Waals surface area contributed by atoms with Gasteiger partial charge in [0, 0.05) is 12.1 Å². The van der Waals surface area contributed by atoms with Gasteiger partial charge < -0.3 is 14.8 Å². The van der Waals surface area contributed by atoms with Crippen LogP contribution in [0.2, 0.25) is 0 Å². The molecule has 0 spiro atoms. The zero-order chi connectivity index (χ0) is 19.4. The first-order chi connectivity index (χ1) is 13.1. The highest BCUT2D eigenvalue weighted by atomic mass is 16.5. The number of hydrogen-bond donors (Lipinski definition) is 1. The molecule has 3 rings (SSSR count). The summed E-state index contributed by atoms with van der Waals surface area (Å²) in [4.78, 5) is 12.8. The number of benzene rings is 1. The Morgan fingerprint density at radius 1 is 1.15 bits per heavy atom. The smallest absolute Gasteiger partial charge is 0.255 e. The second kappa shape index (κ2) is 7.90. The minimum Gasteiger partial charge on any atom is -0.493 e. The highest BCUT2D eigenvalue weighted by molar-refractivity contribution is 6.05. The van der Waals surface area contributed by atoms with Crippen LogP contribution in [0, 0.1) is 6.92 Å². The lowest BCUT2D eigenvalue weighted by atomic mass is 10.2. The molecule has 27 heavy (non-hydrogen) atoms. The number of aromatic nitrogens is 5. The molecular weight excluding hydrogens is 348 g/mol. The maximum Gasteiger partial charge on any atom is 0.255 e. The molecule has 0 bridgehead atoms. The fraction of sp³-hybridized carbons (Fsp3) is 0.333. The first-order valence-corrected chi connectivity index (χ1v) is 8.54. The number of amides is 1. The number of nitrogens with zero attached hydrogens (tertiary/aromatic N) is 5. The van der Waals surface area contributed by atoms with Crippen LogP contribution in [-0.2, 0) is 6.54 Å². The number of carbonyl (C=O) groups excluding carboxylic acids is 1. The summed E-state index contributed by atoms with van der Waals surface area (Å²) >= 11 is 0. The second-order valence-electron chi connectivity index (χ2n) is 5.90. The van der Waals surface area contributed by atoms with Crippen molar-refractivity contribution < 1.29 is 14.3 Å². The molecular formula is C18H22N6O3. The van der Waals surface area contributed by atoms with Gasteiger partial charge in [0.25, 0.3) is 5.91 Å². The van der Waals surface area contributed by atoms with E-state index < -0.39 is 0 Å². The average Bonchev–Trinajstić information content (AvgIpc) is 3.31. The predicted molar refractivity (Wildman–Crippen MR) is 99.7 cm³/mol. The van der Waals surface area contributed by atoms with Gasteiger partial charge in [0.1, 0.15) is 18.3 Å². The van der Waals surface area contributed by atoms with Crippen LogP contribution in [0.25, 0.3) is 5.82 Å². The van der Waals surface area contributed by atoms with E-state index in [0.717, 1.165) is 18.7 Å². The summed E-state index contributed by atoms with van der Waals surface area (Å²) in [6.45, 7) is 4.73. The number of aryl methyl sites for hydroxylation is 1. The van der Waals surface area contributed by atoms with Crippen molar-refractivity contribution in [3.63, 3.8) is 0 Å². The van der Waals surface area contributed by atoms with Crippen LogP contribution in [0.1, 0.15) is 29.4 Å². The minimum atomic E-state index is -0.274. The monoisotopic (exact) mass is 370 g/mol. The van der Waals surface area contributed by atoms with Crippen LogP contribution in [-0.4, -0.2) is 44.7 Å². The fourth-order valence-corrected chi connectivity index (χ4v) is 2.76. The summed E-state index contributed by atoms with van der Waals surface area (Å²) in [6.07, 6.45) is 4.02. The fourth-order valence-electron chi connectivity index (χ4n) is 2.76. The van der Waals surface area contributed by atoms with Crippen LogP contribution in [0.5, 0.6) is 11.5 Å². The van der Waals surface area contributed by atoms with Gasteiger partial charge in [-0.2, -0.15) is 5.10 Å². The maximum atomic E-state index is 12.8. The van der Waals surface area contributed by atoms with Gasteiger partial charge in [-0.1, -0.05) is 6.92 Å². The Balaban J connectivity index is 1.96. The molecule has 142 valence electrons. The molecule has 1 N–H and O–H groups in total. The molecule has 3 aromatic rings. The predicted octanol–water partition coefficient (Wildman–Crippen LogP) is 2.45. The van der Waals surface area contributed by atoms with Crippen LogP contribution in [0.4, 0.5) is 5.69 Å². The Hall–Kier alpha value is -3.36. The van der Waals surface area contributed by atoms with Gasteiger partial charge >= 0.3 is 0 Å². The Bertz CT molecular complexity index is 933. The van der Waals surface area contributed by atoms with Crippen molar-refractivity contribution in [2.75, 3.05) is 19.5 Å². The number of anilines is 1. The van der Waals surface area contributed by atoms with Crippen molar-refractivity contribution in [3.8, 4) is 17.3 Å². The van der Waals surface area contributed by atoms with Gasteiger partial charge in [-0.05, 0) is 31.5 Å². The first kappa shape index (κ1) is 18.4. The number of rotatable bonds is 7. The van der Waals surface area contributed by atoms with Gasteiger partial charge in [-0.3, -0.25) is 14.0 Å². The summed E-state index contributed by atoms with van der Waals surface area (Å²) in [5, 5.41) is 15.2. The lowest BCUT2D eigenvalue weighted by molar-refractivity contribution is 0.102. The summed E-state index contributed by atoms with van der Waals surface area (Å²) in [5.41, 5.74) is 1.92. The SMILES string of the molecule is CCCn1nc(-n2cnnc2)c(NC(=O)c2ccc(OC)c(OC)c2)c1C. The lowest BCUT2D eigenvalue weighted by Crippen LogP contribution is -2.14. The molecule has 1 aromatic carbocycles. The van der Waals surface area contributed by atoms with Gasteiger partial charge in [-0.15, -0.1) is 10.2 Å². The Morgan fingerprint density at radius 2 is 1.85 bits per heavy atom. The molecule has 1 amide bonds. The van der Waals surface area contributed by atoms with Crippen LogP contribution in [0.15, 0.2) is 30.9 Å². The van der Waals surface area contributed by atoms with Gasteiger partial charge in [0.05, 0.1) is 19.9 Å². The van der Waals surface area contributed by atoms with E-state index in [0.29, 0.717) is 28.6 Å². The molecule has 0 aliphatic heterocycles. The highest BCUT2D eigenvalue weighted by Gasteiger charge is 2.20. The van der Waals surface area contributed by atoms with Crippen molar-refractivity contribution in [3.05, 3.63) is 42.1 Å². The van der Waals surface area contributed by atoms with Gasteiger partial charge in [0.2, 0.25) is 0 Å². The van der Waals surface area contributed by atoms with E-state index in [1.807, 2.05) is 11.6 Å². The van der Waals surface area contributed by atoms with Gasteiger partial charge in [-0.25, -0.2) is 0 Å². The normalized spacial score (nSPS) is 10.7. The van der Waals surface area contributed by atoms with Crippen LogP contribution >= 0.6 is 0 Å². The van der Waals surface area contributed by atoms with E-state index in [9.17, 15) is 4.79 Å². The molecule has 9 heteroatoms. The third-order valence-corrected chi connectivity index (χ3v) is 4.17. The average molecular weight is 370 g/mol. The minimum absolute atomic E-state index is 0.274. The van der Waals surface area contributed by atoms with E-state index in [4.69, 9.17) is 9.47 Å². The molecule has 0 saturated carbocycles. The topological polar surface area (TPSA) is 96.1 Å². The van der Waals surface area contributed by atoms with Crippen molar-refractivity contribution in [1.29, 1.82) is 0 Å². The summed E-state index contributed by atoms with van der Waals surface area (Å²) in [7, 11) is 3.08. The third kappa shape index (κ3) is 3.62. The molecule has 0 aliphatic carbocycles. The molecule has 9 nitrogen and oxygen atoms in total. The Kier molecular flexibility index (Phi) is 5.39. The molecule has 0 aliphatic rings. The van der Waals surface area contributed by atoms with E-state index in [1.165, 1.54) is 7.11 Å². The van der Waals surface area contributed by atoms with E-state index in [2.05, 4.69) is 27.5 Å². The van der Waals surface area contributed by atoms with Gasteiger partial charge in [0.15, 0.2) is 17.3 Å². The van der Waals surface area contributed by atoms with E-state index in [1.54, 1.807) is 42.5 Å². The van der Waals surface area contributed by atoms with Crippen molar-refractivity contribution in [1.82, 2.24) is 24.5 Å². The first-order valence-electron chi connectivity index (χ1n) is 8.54. The molecule has 0 unspecified atom stereocenters. The van der Waals surface area contributed by atoms with E-state index >= 15 is 0 Å². The highest BCUT2D eigenvalue weighted by Crippen LogP contribution is 2.29. The van der Waals surface area contributed by atoms with Crippen LogP contribution < -0.4 is 14.8 Å². The van der Waals surface area contributed by atoms with Crippen molar-refractivity contribution in [2.45, 2.75) is 26.8 Å². The number of nitrogens with one attached hydrogen (secondary N) is 1. The molecule has 0 radical (unpaired) electrons. The van der Waals surface area contributed by atoms with Crippen molar-refractivity contribution >= 4 is 11.6 Å².